The second kappa shape index (κ2) is 8.85. The van der Waals surface area contributed by atoms with Crippen molar-refractivity contribution < 1.29 is 11.3 Å². The molecule has 0 bridgehead atoms. The Balaban J connectivity index is 1.53. The van der Waals surface area contributed by atoms with Crippen LogP contribution in [0.25, 0.3) is 67.2 Å². The second-order valence-electron chi connectivity index (χ2n) is 8.53. The summed E-state index contributed by atoms with van der Waals surface area (Å²) in [7, 11) is 0. The van der Waals surface area contributed by atoms with Gasteiger partial charge in [-0.1, -0.05) is 109 Å². The average molecular weight is 481 g/mol. The fourth-order valence-electron chi connectivity index (χ4n) is 4.51. The number of hydrogen-bond donors (Lipinski definition) is 0. The second-order valence-corrected chi connectivity index (χ2v) is 8.53. The summed E-state index contributed by atoms with van der Waals surface area (Å²) in [4.78, 5) is 14.1. The van der Waals surface area contributed by atoms with E-state index in [1.54, 1.807) is 0 Å². The summed E-state index contributed by atoms with van der Waals surface area (Å²) in [6.07, 6.45) is 0. The van der Waals surface area contributed by atoms with E-state index in [1.165, 1.54) is 0 Å². The molecule has 0 saturated heterocycles. The van der Waals surface area contributed by atoms with Crippen molar-refractivity contribution in [2.24, 2.45) is 0 Å². The van der Waals surface area contributed by atoms with Gasteiger partial charge in [0.1, 0.15) is 11.2 Å². The number of benzene rings is 5. The van der Waals surface area contributed by atoms with Gasteiger partial charge >= 0.3 is 0 Å². The van der Waals surface area contributed by atoms with Crippen LogP contribution in [0.3, 0.4) is 0 Å². The first-order chi connectivity index (χ1) is 20.4. The van der Waals surface area contributed by atoms with Gasteiger partial charge in [-0.25, -0.2) is 15.0 Å². The van der Waals surface area contributed by atoms with Gasteiger partial charge in [-0.05, 0) is 29.3 Å². The highest BCUT2D eigenvalue weighted by molar-refractivity contribution is 6.12. The number of aromatic nitrogens is 3. The Bertz CT molecular complexity index is 2120. The number of hydrogen-bond acceptors (Lipinski definition) is 4. The molecule has 0 saturated carbocycles. The first-order valence-electron chi connectivity index (χ1n) is 14.3. The maximum Gasteiger partial charge on any atom is 0.164 e. The summed E-state index contributed by atoms with van der Waals surface area (Å²) in [5.74, 6) is 0.604. The molecule has 0 unspecified atom stereocenters. The molecule has 0 aliphatic heterocycles. The van der Waals surface area contributed by atoms with Crippen molar-refractivity contribution in [3.05, 3.63) is 127 Å². The lowest BCUT2D eigenvalue weighted by molar-refractivity contribution is 0.669. The zero-order chi connectivity index (χ0) is 29.0. The van der Waals surface area contributed by atoms with E-state index in [0.717, 1.165) is 21.9 Å². The predicted octanol–water partition coefficient (Wildman–Crippen LogP) is 8.44. The molecule has 0 radical (unpaired) electrons. The monoisotopic (exact) mass is 480 g/mol. The number of furan rings is 1. The minimum atomic E-state index is -0.477. The molecule has 0 atom stereocenters. The van der Waals surface area contributed by atoms with Crippen molar-refractivity contribution in [3.8, 4) is 45.3 Å². The van der Waals surface area contributed by atoms with Gasteiger partial charge in [0.25, 0.3) is 0 Å². The normalized spacial score (nSPS) is 13.1. The van der Waals surface area contributed by atoms with Gasteiger partial charge in [-0.3, -0.25) is 0 Å². The van der Waals surface area contributed by atoms with Gasteiger partial charge in [0.05, 0.1) is 6.85 Å². The summed E-state index contributed by atoms with van der Waals surface area (Å²) < 4.78 is 47.7. The predicted molar refractivity (Wildman–Crippen MR) is 149 cm³/mol. The molecule has 7 rings (SSSR count). The Morgan fingerprint density at radius 2 is 1.19 bits per heavy atom. The minimum absolute atomic E-state index is 0.00867. The first kappa shape index (κ1) is 16.6. The van der Waals surface area contributed by atoms with Crippen LogP contribution in [0.4, 0.5) is 0 Å². The van der Waals surface area contributed by atoms with Crippen LogP contribution in [0.15, 0.2) is 132 Å². The van der Waals surface area contributed by atoms with Crippen molar-refractivity contribution in [1.82, 2.24) is 15.0 Å². The largest absolute Gasteiger partial charge is 0.456 e. The highest BCUT2D eigenvalue weighted by Crippen LogP contribution is 2.38. The lowest BCUT2D eigenvalue weighted by Crippen LogP contribution is -2.00. The van der Waals surface area contributed by atoms with Gasteiger partial charge < -0.3 is 4.42 Å². The van der Waals surface area contributed by atoms with E-state index in [4.69, 9.17) is 21.2 Å². The van der Waals surface area contributed by atoms with E-state index in [1.807, 2.05) is 78.9 Å². The lowest BCUT2D eigenvalue weighted by Gasteiger charge is -2.09. The summed E-state index contributed by atoms with van der Waals surface area (Å²) in [6, 6.07) is 28.9. The van der Waals surface area contributed by atoms with Gasteiger partial charge in [-0.15, -0.1) is 0 Å². The Kier molecular flexibility index (Phi) is 3.96. The van der Waals surface area contributed by atoms with Gasteiger partial charge in [-0.2, -0.15) is 0 Å². The molecule has 0 fully saturated rings. The molecule has 4 nitrogen and oxygen atoms in total. The summed E-state index contributed by atoms with van der Waals surface area (Å²) in [6.45, 7) is 0. The number of fused-ring (bicyclic) bond motifs is 3. The number of rotatable bonds is 4. The maximum absolute atomic E-state index is 8.55. The topological polar surface area (TPSA) is 51.8 Å². The molecule has 174 valence electrons. The van der Waals surface area contributed by atoms with E-state index >= 15 is 0 Å². The molecule has 0 amide bonds. The Morgan fingerprint density at radius 1 is 0.514 bits per heavy atom. The summed E-state index contributed by atoms with van der Waals surface area (Å²) >= 11 is 0. The molecule has 0 spiro atoms. The Morgan fingerprint density at radius 3 is 1.95 bits per heavy atom. The van der Waals surface area contributed by atoms with Crippen LogP contribution in [0.2, 0.25) is 0 Å². The molecule has 37 heavy (non-hydrogen) atoms. The third kappa shape index (κ3) is 3.85. The Labute approximate surface area is 221 Å². The third-order valence-corrected chi connectivity index (χ3v) is 6.23. The van der Waals surface area contributed by atoms with E-state index in [-0.39, 0.29) is 23.5 Å². The average Bonchev–Trinajstić information content (AvgIpc) is 3.42. The zero-order valence-electron chi connectivity index (χ0n) is 24.5. The molecule has 5 aromatic carbocycles. The van der Waals surface area contributed by atoms with Crippen molar-refractivity contribution in [2.45, 2.75) is 0 Å². The van der Waals surface area contributed by atoms with Crippen molar-refractivity contribution in [1.29, 1.82) is 0 Å². The minimum Gasteiger partial charge on any atom is -0.456 e. The van der Waals surface area contributed by atoms with Gasteiger partial charge in [0.2, 0.25) is 0 Å². The van der Waals surface area contributed by atoms with E-state index < -0.39 is 18.1 Å². The highest BCUT2D eigenvalue weighted by Gasteiger charge is 2.18. The lowest BCUT2D eigenvalue weighted by atomic mass is 10.0. The first-order valence-corrected chi connectivity index (χ1v) is 11.8. The fourth-order valence-corrected chi connectivity index (χ4v) is 4.51. The van der Waals surface area contributed by atoms with Crippen LogP contribution in [0.5, 0.6) is 0 Å². The molecule has 2 heterocycles. The standard InChI is InChI=1S/C33H21N3O/c1-4-11-22(12-5-1)25-19-20-28-27(21-25)30-26(17-10-18-29(30)37-28)33-35-31(23-13-6-2-7-14-23)34-32(36-33)24-15-8-3-9-16-24/h1-21H/i2D,6D,7D,13D,14D. The molecular formula is C33H21N3O. The Hall–Kier alpha value is -5.09. The van der Waals surface area contributed by atoms with E-state index in [0.29, 0.717) is 33.9 Å². The molecule has 7 aromatic rings. The molecule has 4 heteroatoms. The van der Waals surface area contributed by atoms with Crippen LogP contribution in [-0.2, 0) is 0 Å². The van der Waals surface area contributed by atoms with Crippen molar-refractivity contribution in [2.75, 3.05) is 0 Å². The summed E-state index contributed by atoms with van der Waals surface area (Å²) in [5, 5.41) is 1.69. The molecular weight excluding hydrogens is 454 g/mol. The van der Waals surface area contributed by atoms with Crippen LogP contribution in [0.1, 0.15) is 6.85 Å². The van der Waals surface area contributed by atoms with Crippen LogP contribution < -0.4 is 0 Å². The quantitative estimate of drug-likeness (QED) is 0.254. The van der Waals surface area contributed by atoms with E-state index in [2.05, 4.69) is 23.2 Å². The fraction of sp³-hybridized carbons (Fsp3) is 0. The van der Waals surface area contributed by atoms with Crippen LogP contribution >= 0.6 is 0 Å². The molecule has 0 N–H and O–H groups in total. The number of nitrogens with zero attached hydrogens (tertiary/aromatic N) is 3. The van der Waals surface area contributed by atoms with Crippen molar-refractivity contribution >= 4 is 21.9 Å². The van der Waals surface area contributed by atoms with Crippen LogP contribution in [-0.4, -0.2) is 15.0 Å². The molecule has 2 aromatic heterocycles. The summed E-state index contributed by atoms with van der Waals surface area (Å²) in [5.41, 5.74) is 4.74. The van der Waals surface area contributed by atoms with E-state index in [9.17, 15) is 0 Å². The van der Waals surface area contributed by atoms with Gasteiger partial charge in [0.15, 0.2) is 17.5 Å². The van der Waals surface area contributed by atoms with Crippen molar-refractivity contribution in [3.63, 3.8) is 0 Å². The zero-order valence-corrected chi connectivity index (χ0v) is 19.5. The molecule has 0 aliphatic carbocycles. The van der Waals surface area contributed by atoms with Crippen LogP contribution in [0, 0.1) is 0 Å². The maximum atomic E-state index is 8.55. The highest BCUT2D eigenvalue weighted by atomic mass is 16.3. The molecule has 0 aliphatic rings. The van der Waals surface area contributed by atoms with Gasteiger partial charge in [0, 0.05) is 27.5 Å². The SMILES string of the molecule is [2H]c1c([2H])c([2H])c(-c2nc(-c3ccccc3)nc(-c3cccc4oc5ccc(-c6ccccc6)cc5c34)n2)c([2H])c1[2H]. The smallest absolute Gasteiger partial charge is 0.164 e. The third-order valence-electron chi connectivity index (χ3n) is 6.23.